The number of nitrogens with zero attached hydrogens (tertiary/aromatic N) is 2. The van der Waals surface area contributed by atoms with Gasteiger partial charge in [0.1, 0.15) is 5.75 Å². The maximum atomic E-state index is 13.5. The van der Waals surface area contributed by atoms with Crippen molar-refractivity contribution in [1.82, 2.24) is 4.90 Å². The van der Waals surface area contributed by atoms with E-state index in [9.17, 15) is 8.78 Å². The van der Waals surface area contributed by atoms with Gasteiger partial charge in [0, 0.05) is 23.1 Å². The fourth-order valence-corrected chi connectivity index (χ4v) is 4.21. The Balaban J connectivity index is 1.89. The van der Waals surface area contributed by atoms with Crippen molar-refractivity contribution in [3.63, 3.8) is 0 Å². The van der Waals surface area contributed by atoms with Gasteiger partial charge in [-0.1, -0.05) is 40.9 Å². The molecule has 0 amide bonds. The van der Waals surface area contributed by atoms with Crippen LogP contribution in [0.25, 0.3) is 0 Å². The summed E-state index contributed by atoms with van der Waals surface area (Å²) in [5.41, 5.74) is 5.24. The Morgan fingerprint density at radius 3 is 2.43 bits per heavy atom. The average Bonchev–Trinajstić information content (AvgIpc) is 2.68. The Morgan fingerprint density at radius 1 is 1.10 bits per heavy atom. The van der Waals surface area contributed by atoms with E-state index in [1.165, 1.54) is 22.8 Å². The average molecular weight is 431 g/mol. The monoisotopic (exact) mass is 430 g/mol. The number of halogens is 2. The Kier molecular flexibility index (Phi) is 9.50. The number of aryl methyl sites for hydroxylation is 3. The number of hydrogen-bond donors (Lipinski definition) is 0. The molecule has 0 N–H and O–H groups in total. The molecule has 2 aromatic rings. The molecule has 0 aromatic heterocycles. The van der Waals surface area contributed by atoms with E-state index in [4.69, 9.17) is 4.74 Å². The van der Waals surface area contributed by atoms with E-state index in [-0.39, 0.29) is 11.3 Å². The van der Waals surface area contributed by atoms with Gasteiger partial charge in [-0.05, 0) is 57.9 Å². The first-order chi connectivity index (χ1) is 14.3. The molecular formula is C24H32F2N2OSi. The Labute approximate surface area is 182 Å². The van der Waals surface area contributed by atoms with Gasteiger partial charge in [-0.25, -0.2) is 13.8 Å². The lowest BCUT2D eigenvalue weighted by Gasteiger charge is -2.14. The lowest BCUT2D eigenvalue weighted by atomic mass is 10.1. The Morgan fingerprint density at radius 2 is 1.80 bits per heavy atom. The molecular weight excluding hydrogens is 398 g/mol. The van der Waals surface area contributed by atoms with Crippen LogP contribution in [-0.4, -0.2) is 41.0 Å². The molecule has 2 radical (unpaired) electrons. The van der Waals surface area contributed by atoms with E-state index in [0.29, 0.717) is 12.3 Å². The molecule has 0 fully saturated rings. The van der Waals surface area contributed by atoms with Crippen LogP contribution in [-0.2, 0) is 6.04 Å². The summed E-state index contributed by atoms with van der Waals surface area (Å²) in [6, 6.07) is 11.9. The highest BCUT2D eigenvalue weighted by atomic mass is 28.2. The molecule has 0 spiro atoms. The second-order valence-electron chi connectivity index (χ2n) is 7.67. The molecule has 0 aliphatic carbocycles. The number of alkyl halides is 2. The number of hydrogen-bond acceptors (Lipinski definition) is 2. The van der Waals surface area contributed by atoms with Gasteiger partial charge in [0.2, 0.25) is 0 Å². The van der Waals surface area contributed by atoms with E-state index < -0.39 is 6.43 Å². The van der Waals surface area contributed by atoms with Crippen molar-refractivity contribution < 1.29 is 13.5 Å². The molecule has 0 saturated heterocycles. The molecule has 30 heavy (non-hydrogen) atoms. The number of aliphatic imine (C=N–C) groups is 1. The molecule has 0 unspecified atom stereocenters. The summed E-state index contributed by atoms with van der Waals surface area (Å²) in [6.07, 6.45) is -0.0779. The third kappa shape index (κ3) is 7.56. The summed E-state index contributed by atoms with van der Waals surface area (Å²) >= 11 is 0. The minimum absolute atomic E-state index is 0.0930. The minimum Gasteiger partial charge on any atom is -0.493 e. The van der Waals surface area contributed by atoms with E-state index in [1.54, 1.807) is 12.4 Å². The zero-order chi connectivity index (χ0) is 22.1. The van der Waals surface area contributed by atoms with Crippen molar-refractivity contribution in [3.8, 4) is 5.75 Å². The second kappa shape index (κ2) is 11.8. The van der Waals surface area contributed by atoms with Crippen LogP contribution in [0.3, 0.4) is 0 Å². The fourth-order valence-electron chi connectivity index (χ4n) is 3.15. The van der Waals surface area contributed by atoms with Gasteiger partial charge in [0.15, 0.2) is 0 Å². The molecule has 6 heteroatoms. The third-order valence-corrected chi connectivity index (χ3v) is 6.19. The van der Waals surface area contributed by atoms with Crippen LogP contribution in [0.15, 0.2) is 35.3 Å². The fraction of sp³-hybridized carbons (Fsp3) is 0.458. The topological polar surface area (TPSA) is 24.8 Å². The summed E-state index contributed by atoms with van der Waals surface area (Å²) in [6.45, 7) is 9.36. The normalized spacial score (nSPS) is 11.5. The largest absolute Gasteiger partial charge is 0.493 e. The lowest BCUT2D eigenvalue weighted by molar-refractivity contribution is 0.145. The molecule has 0 aliphatic rings. The summed E-state index contributed by atoms with van der Waals surface area (Å²) in [5, 5.41) is 0. The highest BCUT2D eigenvalue weighted by molar-refractivity contribution is 6.34. The molecule has 3 nitrogen and oxygen atoms in total. The van der Waals surface area contributed by atoms with Crippen molar-refractivity contribution >= 4 is 21.5 Å². The Bertz CT molecular complexity index is 835. The zero-order valence-electron chi connectivity index (χ0n) is 18.6. The molecule has 162 valence electrons. The van der Waals surface area contributed by atoms with Gasteiger partial charge in [-0.3, -0.25) is 0 Å². The van der Waals surface area contributed by atoms with Crippen LogP contribution in [0.2, 0.25) is 6.04 Å². The van der Waals surface area contributed by atoms with Gasteiger partial charge < -0.3 is 9.64 Å². The molecule has 2 rings (SSSR count). The van der Waals surface area contributed by atoms with Crippen molar-refractivity contribution in [3.05, 3.63) is 58.1 Å². The van der Waals surface area contributed by atoms with Gasteiger partial charge in [0.05, 0.1) is 24.2 Å². The minimum atomic E-state index is -2.59. The summed E-state index contributed by atoms with van der Waals surface area (Å²) in [4.78, 5) is 6.23. The summed E-state index contributed by atoms with van der Waals surface area (Å²) in [7, 11) is 2.70. The van der Waals surface area contributed by atoms with E-state index >= 15 is 0 Å². The maximum Gasteiger partial charge on any atom is 0.267 e. The standard InChI is InChI=1S/C24H32F2N2OSi/c1-6-28(5)16-27-22-14-21(24(25)26)23(13-19(22)4)29-8-7-9-30-15-20-11-17(2)10-18(3)12-20/h10-14,16,24H,6-9,15H2,1-5H3. The molecule has 0 heterocycles. The summed E-state index contributed by atoms with van der Waals surface area (Å²) < 4.78 is 32.8. The molecule has 0 atom stereocenters. The summed E-state index contributed by atoms with van der Waals surface area (Å²) in [5.74, 6) is 0.267. The van der Waals surface area contributed by atoms with E-state index in [1.807, 2.05) is 25.8 Å². The molecule has 0 bridgehead atoms. The highest BCUT2D eigenvalue weighted by Gasteiger charge is 2.17. The van der Waals surface area contributed by atoms with Crippen LogP contribution in [0.1, 0.15) is 47.6 Å². The third-order valence-electron chi connectivity index (χ3n) is 4.82. The second-order valence-corrected chi connectivity index (χ2v) is 9.02. The first-order valence-electron chi connectivity index (χ1n) is 10.4. The molecule has 0 saturated carbocycles. The first-order valence-corrected chi connectivity index (χ1v) is 11.8. The predicted molar refractivity (Wildman–Crippen MR) is 123 cm³/mol. The van der Waals surface area contributed by atoms with E-state index in [2.05, 4.69) is 37.0 Å². The smallest absolute Gasteiger partial charge is 0.267 e. The van der Waals surface area contributed by atoms with Gasteiger partial charge in [0.25, 0.3) is 6.43 Å². The van der Waals surface area contributed by atoms with Crippen molar-refractivity contribution in [2.45, 2.75) is 52.6 Å². The van der Waals surface area contributed by atoms with Crippen LogP contribution in [0.4, 0.5) is 14.5 Å². The zero-order valence-corrected chi connectivity index (χ0v) is 19.6. The maximum absolute atomic E-state index is 13.5. The van der Waals surface area contributed by atoms with Crippen LogP contribution >= 0.6 is 0 Å². The first kappa shape index (κ1) is 24.1. The predicted octanol–water partition coefficient (Wildman–Crippen LogP) is 6.25. The van der Waals surface area contributed by atoms with Crippen molar-refractivity contribution in [2.75, 3.05) is 20.2 Å². The van der Waals surface area contributed by atoms with Crippen LogP contribution in [0, 0.1) is 20.8 Å². The lowest BCUT2D eigenvalue weighted by Crippen LogP contribution is -2.14. The number of rotatable bonds is 11. The van der Waals surface area contributed by atoms with Gasteiger partial charge in [-0.2, -0.15) is 0 Å². The SMILES string of the molecule is CCN(C)C=Nc1cc(C(F)F)c(OCCC[Si]Cc2cc(C)cc(C)c2)cc1C. The number of ether oxygens (including phenoxy) is 1. The van der Waals surface area contributed by atoms with Crippen molar-refractivity contribution in [1.29, 1.82) is 0 Å². The highest BCUT2D eigenvalue weighted by Crippen LogP contribution is 2.35. The molecule has 2 aromatic carbocycles. The molecule has 0 aliphatic heterocycles. The van der Waals surface area contributed by atoms with Crippen LogP contribution in [0.5, 0.6) is 5.75 Å². The Hall–Kier alpha value is -2.21. The van der Waals surface area contributed by atoms with Crippen LogP contribution < -0.4 is 4.74 Å². The van der Waals surface area contributed by atoms with E-state index in [0.717, 1.165) is 40.1 Å². The number of benzene rings is 2. The van der Waals surface area contributed by atoms with Gasteiger partial charge >= 0.3 is 0 Å². The van der Waals surface area contributed by atoms with Gasteiger partial charge in [-0.15, -0.1) is 0 Å². The quantitative estimate of drug-likeness (QED) is 0.182. The van der Waals surface area contributed by atoms with Crippen molar-refractivity contribution in [2.24, 2.45) is 4.99 Å².